The molecular weight excluding hydrogens is 128 g/mol. The highest BCUT2D eigenvalue weighted by Crippen LogP contribution is 2.20. The minimum absolute atomic E-state index is 0.346. The molecule has 0 spiro atoms. The van der Waals surface area contributed by atoms with Crippen LogP contribution in [-0.4, -0.2) is 26.4 Å². The summed E-state index contributed by atoms with van der Waals surface area (Å²) in [6.45, 7) is 3.91. The molecule has 0 aromatic rings. The molecule has 0 N–H and O–H groups in total. The Morgan fingerprint density at radius 2 is 2.40 bits per heavy atom. The molecule has 1 heterocycles. The van der Waals surface area contributed by atoms with Gasteiger partial charge in [0.05, 0.1) is 12.7 Å². The molecule has 2 heteroatoms. The van der Waals surface area contributed by atoms with Crippen molar-refractivity contribution in [2.45, 2.75) is 25.9 Å². The van der Waals surface area contributed by atoms with Gasteiger partial charge < -0.3 is 9.47 Å². The zero-order chi connectivity index (χ0) is 7.40. The predicted molar refractivity (Wildman–Crippen MR) is 40.0 cm³/mol. The Morgan fingerprint density at radius 1 is 1.60 bits per heavy atom. The molecule has 0 aromatic heterocycles. The van der Waals surface area contributed by atoms with Gasteiger partial charge in [-0.25, -0.2) is 0 Å². The first-order valence-corrected chi connectivity index (χ1v) is 3.99. The molecule has 0 amide bonds. The van der Waals surface area contributed by atoms with Crippen molar-refractivity contribution in [3.63, 3.8) is 0 Å². The van der Waals surface area contributed by atoms with Crippen LogP contribution in [0.25, 0.3) is 0 Å². The minimum atomic E-state index is 0.346. The van der Waals surface area contributed by atoms with Crippen LogP contribution < -0.4 is 0 Å². The Labute approximate surface area is 62.5 Å². The molecule has 1 aliphatic heterocycles. The third-order valence-corrected chi connectivity index (χ3v) is 2.27. The van der Waals surface area contributed by atoms with Crippen LogP contribution in [0, 0.1) is 5.92 Å². The largest absolute Gasteiger partial charge is 0.379 e. The van der Waals surface area contributed by atoms with E-state index < -0.39 is 0 Å². The highest BCUT2D eigenvalue weighted by Gasteiger charge is 2.23. The molecule has 0 bridgehead atoms. The third kappa shape index (κ3) is 1.70. The SMILES string of the molecule is CCC1CCOC[C@H]1OC. The second kappa shape index (κ2) is 3.94. The first-order chi connectivity index (χ1) is 4.88. The fraction of sp³-hybridized carbons (Fsp3) is 1.00. The van der Waals surface area contributed by atoms with Gasteiger partial charge in [0.15, 0.2) is 0 Å². The number of hydrogen-bond acceptors (Lipinski definition) is 2. The molecule has 60 valence electrons. The van der Waals surface area contributed by atoms with Gasteiger partial charge in [-0.05, 0) is 12.3 Å². The van der Waals surface area contributed by atoms with E-state index in [0.29, 0.717) is 6.10 Å². The number of methoxy groups -OCH3 is 1. The second-order valence-corrected chi connectivity index (χ2v) is 2.81. The van der Waals surface area contributed by atoms with Crippen LogP contribution in [-0.2, 0) is 9.47 Å². The second-order valence-electron chi connectivity index (χ2n) is 2.81. The maximum atomic E-state index is 5.28. The maximum Gasteiger partial charge on any atom is 0.0833 e. The average Bonchev–Trinajstić information content (AvgIpc) is 2.04. The van der Waals surface area contributed by atoms with E-state index in [9.17, 15) is 0 Å². The van der Waals surface area contributed by atoms with Gasteiger partial charge in [-0.2, -0.15) is 0 Å². The van der Waals surface area contributed by atoms with Gasteiger partial charge >= 0.3 is 0 Å². The van der Waals surface area contributed by atoms with Gasteiger partial charge in [-0.1, -0.05) is 13.3 Å². The fourth-order valence-electron chi connectivity index (χ4n) is 1.48. The lowest BCUT2D eigenvalue weighted by atomic mass is 9.95. The van der Waals surface area contributed by atoms with E-state index in [1.165, 1.54) is 6.42 Å². The van der Waals surface area contributed by atoms with Crippen LogP contribution in [0.3, 0.4) is 0 Å². The maximum absolute atomic E-state index is 5.28. The molecule has 1 aliphatic rings. The summed E-state index contributed by atoms with van der Waals surface area (Å²) >= 11 is 0. The van der Waals surface area contributed by atoms with E-state index in [0.717, 1.165) is 25.6 Å². The lowest BCUT2D eigenvalue weighted by Crippen LogP contribution is -2.33. The number of ether oxygens (including phenoxy) is 2. The summed E-state index contributed by atoms with van der Waals surface area (Å²) in [7, 11) is 1.77. The molecule has 1 rings (SSSR count). The van der Waals surface area contributed by atoms with Crippen molar-refractivity contribution in [1.29, 1.82) is 0 Å². The summed E-state index contributed by atoms with van der Waals surface area (Å²) in [5.74, 6) is 0.721. The van der Waals surface area contributed by atoms with Gasteiger partial charge in [0.1, 0.15) is 0 Å². The van der Waals surface area contributed by atoms with Gasteiger partial charge in [-0.15, -0.1) is 0 Å². The molecule has 0 aliphatic carbocycles. The monoisotopic (exact) mass is 144 g/mol. The standard InChI is InChI=1S/C8H16O2/c1-3-7-4-5-10-6-8(7)9-2/h7-8H,3-6H2,1-2H3/t7?,8-/m1/s1. The zero-order valence-electron chi connectivity index (χ0n) is 6.80. The van der Waals surface area contributed by atoms with Gasteiger partial charge in [0, 0.05) is 13.7 Å². The van der Waals surface area contributed by atoms with Gasteiger partial charge in [-0.3, -0.25) is 0 Å². The normalized spacial score (nSPS) is 34.2. The first-order valence-electron chi connectivity index (χ1n) is 3.99. The third-order valence-electron chi connectivity index (χ3n) is 2.27. The molecule has 1 saturated heterocycles. The Kier molecular flexibility index (Phi) is 3.16. The highest BCUT2D eigenvalue weighted by atomic mass is 16.5. The highest BCUT2D eigenvalue weighted by molar-refractivity contribution is 4.72. The van der Waals surface area contributed by atoms with Crippen LogP contribution in [0.15, 0.2) is 0 Å². The molecule has 0 saturated carbocycles. The summed E-state index contributed by atoms with van der Waals surface area (Å²) in [6, 6.07) is 0. The molecule has 10 heavy (non-hydrogen) atoms. The molecule has 0 radical (unpaired) electrons. The Bertz CT molecular complexity index is 81.3. The topological polar surface area (TPSA) is 18.5 Å². The average molecular weight is 144 g/mol. The van der Waals surface area contributed by atoms with Crippen LogP contribution >= 0.6 is 0 Å². The summed E-state index contributed by atoms with van der Waals surface area (Å²) in [5, 5.41) is 0. The van der Waals surface area contributed by atoms with Gasteiger partial charge in [0.25, 0.3) is 0 Å². The van der Waals surface area contributed by atoms with Crippen molar-refractivity contribution in [3.05, 3.63) is 0 Å². The van der Waals surface area contributed by atoms with Crippen molar-refractivity contribution < 1.29 is 9.47 Å². The van der Waals surface area contributed by atoms with E-state index in [-0.39, 0.29) is 0 Å². The van der Waals surface area contributed by atoms with Crippen molar-refractivity contribution in [1.82, 2.24) is 0 Å². The summed E-state index contributed by atoms with van der Waals surface area (Å²) < 4.78 is 10.5. The number of hydrogen-bond donors (Lipinski definition) is 0. The van der Waals surface area contributed by atoms with Gasteiger partial charge in [0.2, 0.25) is 0 Å². The Balaban J connectivity index is 2.34. The van der Waals surface area contributed by atoms with Crippen molar-refractivity contribution >= 4 is 0 Å². The minimum Gasteiger partial charge on any atom is -0.379 e. The van der Waals surface area contributed by atoms with Crippen molar-refractivity contribution in [2.24, 2.45) is 5.92 Å². The quantitative estimate of drug-likeness (QED) is 0.584. The molecule has 0 aromatic carbocycles. The van der Waals surface area contributed by atoms with E-state index in [4.69, 9.17) is 9.47 Å². The molecule has 2 atom stereocenters. The predicted octanol–water partition coefficient (Wildman–Crippen LogP) is 1.45. The van der Waals surface area contributed by atoms with Crippen LogP contribution in [0.5, 0.6) is 0 Å². The summed E-state index contributed by atoms with van der Waals surface area (Å²) in [5.41, 5.74) is 0. The van der Waals surface area contributed by atoms with Crippen LogP contribution in [0.4, 0.5) is 0 Å². The smallest absolute Gasteiger partial charge is 0.0833 e. The summed E-state index contributed by atoms with van der Waals surface area (Å²) in [4.78, 5) is 0. The van der Waals surface area contributed by atoms with E-state index in [1.54, 1.807) is 7.11 Å². The van der Waals surface area contributed by atoms with E-state index >= 15 is 0 Å². The molecule has 1 fully saturated rings. The summed E-state index contributed by atoms with van der Waals surface area (Å²) in [6.07, 6.45) is 2.72. The lowest BCUT2D eigenvalue weighted by Gasteiger charge is -2.29. The molecular formula is C8H16O2. The van der Waals surface area contributed by atoms with E-state index in [1.807, 2.05) is 0 Å². The lowest BCUT2D eigenvalue weighted by molar-refractivity contribution is -0.0660. The molecule has 2 nitrogen and oxygen atoms in total. The Hall–Kier alpha value is -0.0800. The van der Waals surface area contributed by atoms with E-state index in [2.05, 4.69) is 6.92 Å². The fourth-order valence-corrected chi connectivity index (χ4v) is 1.48. The molecule has 1 unspecified atom stereocenters. The van der Waals surface area contributed by atoms with Crippen molar-refractivity contribution in [2.75, 3.05) is 20.3 Å². The first kappa shape index (κ1) is 8.02. The van der Waals surface area contributed by atoms with Crippen molar-refractivity contribution in [3.8, 4) is 0 Å². The van der Waals surface area contributed by atoms with Crippen LogP contribution in [0.1, 0.15) is 19.8 Å². The zero-order valence-corrected chi connectivity index (χ0v) is 6.80. The van der Waals surface area contributed by atoms with Crippen LogP contribution in [0.2, 0.25) is 0 Å². The Morgan fingerprint density at radius 3 is 2.90 bits per heavy atom. The number of rotatable bonds is 2.